The number of non-ortho nitro benzene ring substituents is 1. The van der Waals surface area contributed by atoms with Crippen LogP contribution in [0.5, 0.6) is 11.8 Å². The van der Waals surface area contributed by atoms with E-state index in [0.29, 0.717) is 46.1 Å². The van der Waals surface area contributed by atoms with Gasteiger partial charge in [0.1, 0.15) is 5.60 Å². The maximum atomic E-state index is 12.6. The van der Waals surface area contributed by atoms with Crippen LogP contribution in [-0.4, -0.2) is 32.3 Å². The molecule has 10 nitrogen and oxygen atoms in total. The molecule has 1 aromatic heterocycles. The highest BCUT2D eigenvalue weighted by Gasteiger charge is 2.61. The topological polar surface area (TPSA) is 128 Å². The van der Waals surface area contributed by atoms with Crippen LogP contribution in [0.3, 0.4) is 0 Å². The average Bonchev–Trinajstić information content (AvgIpc) is 3.52. The van der Waals surface area contributed by atoms with Crippen molar-refractivity contribution in [3.63, 3.8) is 0 Å². The fraction of sp³-hybridized carbons (Fsp3) is 0.241. The van der Waals surface area contributed by atoms with E-state index in [0.717, 1.165) is 0 Å². The first-order chi connectivity index (χ1) is 18.7. The van der Waals surface area contributed by atoms with Gasteiger partial charge < -0.3 is 19.7 Å². The van der Waals surface area contributed by atoms with E-state index in [1.165, 1.54) is 28.8 Å². The number of carbonyl (C=O) groups excluding carboxylic acids is 1. The summed E-state index contributed by atoms with van der Waals surface area (Å²) in [5.41, 5.74) is 0.225. The van der Waals surface area contributed by atoms with E-state index >= 15 is 0 Å². The molecule has 2 aliphatic rings. The Labute approximate surface area is 222 Å². The molecular formula is C29H23N3O7. The largest absolute Gasteiger partial charge is 0.494 e. The van der Waals surface area contributed by atoms with Crippen molar-refractivity contribution >= 4 is 28.1 Å². The summed E-state index contributed by atoms with van der Waals surface area (Å²) in [7, 11) is 0. The second-order valence-corrected chi connectivity index (χ2v) is 10.0. The first kappa shape index (κ1) is 24.5. The summed E-state index contributed by atoms with van der Waals surface area (Å²) in [4.78, 5) is 26.5. The third-order valence-electron chi connectivity index (χ3n) is 7.82. The van der Waals surface area contributed by atoms with Crippen LogP contribution in [-0.2, 0) is 20.7 Å². The minimum absolute atomic E-state index is 0.0284. The standard InChI is InChI=1S/C29H23N3O7/c1-28-13-14-29(39-28,15-16-38-27(35)17-7-9-18(10-8-17)32(36)37)24-23(28)25(33)31(26(24)34)22-12-11-21(30-2)19-5-3-4-6-20(19)22/h3-12,33-34H,13-16H2,1H3. The van der Waals surface area contributed by atoms with Gasteiger partial charge in [-0.2, -0.15) is 0 Å². The van der Waals surface area contributed by atoms with Crippen molar-refractivity contribution < 1.29 is 29.4 Å². The number of nitrogens with zero attached hydrogens (tertiary/aromatic N) is 3. The summed E-state index contributed by atoms with van der Waals surface area (Å²) in [5.74, 6) is -0.917. The van der Waals surface area contributed by atoms with Crippen molar-refractivity contribution in [2.24, 2.45) is 0 Å². The maximum absolute atomic E-state index is 12.6. The Balaban J connectivity index is 1.33. The van der Waals surface area contributed by atoms with Crippen molar-refractivity contribution in [1.29, 1.82) is 0 Å². The number of esters is 1. The molecule has 2 unspecified atom stereocenters. The number of benzene rings is 3. The van der Waals surface area contributed by atoms with Crippen LogP contribution in [0.2, 0.25) is 0 Å². The second-order valence-electron chi connectivity index (χ2n) is 10.0. The summed E-state index contributed by atoms with van der Waals surface area (Å²) < 4.78 is 13.3. The molecule has 2 N–H and O–H groups in total. The van der Waals surface area contributed by atoms with E-state index in [2.05, 4.69) is 4.85 Å². The van der Waals surface area contributed by atoms with Crippen LogP contribution in [0.25, 0.3) is 21.3 Å². The number of rotatable bonds is 6. The van der Waals surface area contributed by atoms with E-state index < -0.39 is 22.1 Å². The zero-order valence-electron chi connectivity index (χ0n) is 20.9. The molecule has 0 aliphatic carbocycles. The number of aromatic hydroxyl groups is 2. The predicted octanol–water partition coefficient (Wildman–Crippen LogP) is 5.98. The quantitative estimate of drug-likeness (QED) is 0.137. The molecule has 0 radical (unpaired) electrons. The minimum atomic E-state index is -0.973. The molecule has 0 amide bonds. The average molecular weight is 526 g/mol. The number of nitro groups is 1. The van der Waals surface area contributed by atoms with Crippen molar-refractivity contribution in [1.82, 2.24) is 4.57 Å². The van der Waals surface area contributed by atoms with Gasteiger partial charge in [-0.15, -0.1) is 0 Å². The lowest BCUT2D eigenvalue weighted by molar-refractivity contribution is -0.384. The normalized spacial score (nSPS) is 21.0. The monoisotopic (exact) mass is 525 g/mol. The zero-order valence-corrected chi connectivity index (χ0v) is 20.9. The SMILES string of the molecule is [C-]#[N+]c1ccc(-n2c(O)c3c(c2O)C2(CCOC(=O)c4ccc([N+](=O)[O-])cc4)CCC3(C)O2)c2ccccc12. The van der Waals surface area contributed by atoms with Gasteiger partial charge in [0.25, 0.3) is 5.69 Å². The molecule has 0 saturated carbocycles. The number of aromatic nitrogens is 1. The predicted molar refractivity (Wildman–Crippen MR) is 140 cm³/mol. The molecule has 0 spiro atoms. The lowest BCUT2D eigenvalue weighted by atomic mass is 9.78. The molecular weight excluding hydrogens is 502 g/mol. The van der Waals surface area contributed by atoms with Crippen LogP contribution < -0.4 is 0 Å². The van der Waals surface area contributed by atoms with E-state index in [1.807, 2.05) is 31.2 Å². The fourth-order valence-electron chi connectivity index (χ4n) is 6.01. The first-order valence-corrected chi connectivity index (χ1v) is 12.4. The van der Waals surface area contributed by atoms with Crippen LogP contribution in [0.1, 0.15) is 47.7 Å². The molecule has 196 valence electrons. The Morgan fingerprint density at radius 1 is 1.08 bits per heavy atom. The molecule has 3 aromatic carbocycles. The van der Waals surface area contributed by atoms with Crippen molar-refractivity contribution in [2.75, 3.05) is 6.61 Å². The van der Waals surface area contributed by atoms with Crippen LogP contribution in [0.15, 0.2) is 60.7 Å². The molecule has 1 fully saturated rings. The van der Waals surface area contributed by atoms with Crippen LogP contribution in [0.4, 0.5) is 11.4 Å². The maximum Gasteiger partial charge on any atom is 0.338 e. The van der Waals surface area contributed by atoms with E-state index in [-0.39, 0.29) is 36.0 Å². The number of hydrogen-bond acceptors (Lipinski definition) is 7. The van der Waals surface area contributed by atoms with E-state index in [1.54, 1.807) is 12.1 Å². The molecule has 3 heterocycles. The zero-order chi connectivity index (χ0) is 27.5. The van der Waals surface area contributed by atoms with Gasteiger partial charge in [0.15, 0.2) is 5.69 Å². The Kier molecular flexibility index (Phi) is 5.38. The van der Waals surface area contributed by atoms with E-state index in [4.69, 9.17) is 16.0 Å². The highest BCUT2D eigenvalue weighted by molar-refractivity contribution is 6.00. The lowest BCUT2D eigenvalue weighted by Gasteiger charge is -2.26. The van der Waals surface area contributed by atoms with Crippen LogP contribution in [0, 0.1) is 16.7 Å². The summed E-state index contributed by atoms with van der Waals surface area (Å²) >= 11 is 0. The molecule has 10 heteroatoms. The smallest absolute Gasteiger partial charge is 0.338 e. The molecule has 2 atom stereocenters. The van der Waals surface area contributed by atoms with Gasteiger partial charge in [0.05, 0.1) is 46.1 Å². The van der Waals surface area contributed by atoms with Gasteiger partial charge in [-0.3, -0.25) is 14.7 Å². The molecule has 1 saturated heterocycles. The van der Waals surface area contributed by atoms with Gasteiger partial charge in [0.2, 0.25) is 11.8 Å². The van der Waals surface area contributed by atoms with Crippen molar-refractivity contribution in [2.45, 2.75) is 37.4 Å². The molecule has 2 bridgehead atoms. The number of hydrogen-bond donors (Lipinski definition) is 2. The highest BCUT2D eigenvalue weighted by atomic mass is 16.6. The number of ether oxygens (including phenoxy) is 2. The molecule has 6 rings (SSSR count). The molecule has 2 aliphatic heterocycles. The van der Waals surface area contributed by atoms with Gasteiger partial charge >= 0.3 is 5.97 Å². The third-order valence-corrected chi connectivity index (χ3v) is 7.82. The fourth-order valence-corrected chi connectivity index (χ4v) is 6.01. The Hall–Kier alpha value is -4.88. The van der Waals surface area contributed by atoms with Gasteiger partial charge in [0, 0.05) is 18.6 Å². The number of carbonyl (C=O) groups is 1. The third kappa shape index (κ3) is 3.55. The highest BCUT2D eigenvalue weighted by Crippen LogP contribution is 2.65. The van der Waals surface area contributed by atoms with Crippen LogP contribution >= 0.6 is 0 Å². The summed E-state index contributed by atoms with van der Waals surface area (Å²) in [6.45, 7) is 9.33. The summed E-state index contributed by atoms with van der Waals surface area (Å²) in [6, 6.07) is 15.8. The Morgan fingerprint density at radius 3 is 2.46 bits per heavy atom. The van der Waals surface area contributed by atoms with Crippen molar-refractivity contribution in [3.05, 3.63) is 98.9 Å². The van der Waals surface area contributed by atoms with E-state index in [9.17, 15) is 25.1 Å². The summed E-state index contributed by atoms with van der Waals surface area (Å²) in [5, 5.41) is 35.2. The van der Waals surface area contributed by atoms with Gasteiger partial charge in [-0.25, -0.2) is 9.64 Å². The lowest BCUT2D eigenvalue weighted by Crippen LogP contribution is -2.25. The summed E-state index contributed by atoms with van der Waals surface area (Å²) in [6.07, 6.45) is 1.40. The Morgan fingerprint density at radius 2 is 1.77 bits per heavy atom. The van der Waals surface area contributed by atoms with Crippen molar-refractivity contribution in [3.8, 4) is 17.4 Å². The number of fused-ring (bicyclic) bond motifs is 6. The molecule has 39 heavy (non-hydrogen) atoms. The number of nitro benzene ring substituents is 1. The minimum Gasteiger partial charge on any atom is -0.494 e. The molecule has 4 aromatic rings. The first-order valence-electron chi connectivity index (χ1n) is 12.4. The van der Waals surface area contributed by atoms with Gasteiger partial charge in [-0.05, 0) is 48.7 Å². The Bertz CT molecular complexity index is 1720. The second kappa shape index (κ2) is 8.58. The van der Waals surface area contributed by atoms with Gasteiger partial charge in [-0.1, -0.05) is 30.3 Å².